The molecule has 0 aliphatic carbocycles. The summed E-state index contributed by atoms with van der Waals surface area (Å²) in [5, 5.41) is 3.46. The Morgan fingerprint density at radius 3 is 2.59 bits per heavy atom. The van der Waals surface area contributed by atoms with Crippen molar-refractivity contribution in [1.29, 1.82) is 0 Å². The van der Waals surface area contributed by atoms with Gasteiger partial charge in [-0.3, -0.25) is 4.90 Å². The zero-order valence-corrected chi connectivity index (χ0v) is 11.8. The van der Waals surface area contributed by atoms with E-state index in [9.17, 15) is 0 Å². The lowest BCUT2D eigenvalue weighted by Crippen LogP contribution is -2.57. The molecule has 94 valence electrons. The topological polar surface area (TPSA) is 15.3 Å². The zero-order chi connectivity index (χ0) is 12.3. The molecule has 0 aromatic heterocycles. The van der Waals surface area contributed by atoms with Crippen molar-refractivity contribution < 1.29 is 0 Å². The summed E-state index contributed by atoms with van der Waals surface area (Å²) in [5.41, 5.74) is 1.67. The van der Waals surface area contributed by atoms with E-state index in [0.29, 0.717) is 0 Å². The van der Waals surface area contributed by atoms with Gasteiger partial charge in [-0.1, -0.05) is 12.1 Å². The van der Waals surface area contributed by atoms with Gasteiger partial charge in [0.15, 0.2) is 0 Å². The van der Waals surface area contributed by atoms with Gasteiger partial charge in [0, 0.05) is 36.6 Å². The van der Waals surface area contributed by atoms with Crippen LogP contribution in [0, 0.1) is 0 Å². The second kappa shape index (κ2) is 5.42. The van der Waals surface area contributed by atoms with Crippen LogP contribution >= 0.6 is 11.8 Å². The fraction of sp³-hybridized carbons (Fsp3) is 0.571. The normalized spacial score (nSPS) is 20.4. The lowest BCUT2D eigenvalue weighted by molar-refractivity contribution is 0.0827. The Balaban J connectivity index is 2.03. The van der Waals surface area contributed by atoms with Gasteiger partial charge >= 0.3 is 0 Å². The van der Waals surface area contributed by atoms with Crippen molar-refractivity contribution in [3.8, 4) is 0 Å². The number of thioether (sulfide) groups is 1. The molecule has 0 radical (unpaired) electrons. The first-order valence-electron chi connectivity index (χ1n) is 6.20. The second-order valence-electron chi connectivity index (χ2n) is 5.26. The molecule has 3 heteroatoms. The van der Waals surface area contributed by atoms with E-state index in [1.165, 1.54) is 10.5 Å². The highest BCUT2D eigenvalue weighted by Crippen LogP contribution is 2.21. The molecular weight excluding hydrogens is 228 g/mol. The van der Waals surface area contributed by atoms with Crippen molar-refractivity contribution >= 4 is 11.8 Å². The Morgan fingerprint density at radius 2 is 2.00 bits per heavy atom. The molecule has 0 atom stereocenters. The summed E-state index contributed by atoms with van der Waals surface area (Å²) in [4.78, 5) is 3.91. The summed E-state index contributed by atoms with van der Waals surface area (Å²) in [7, 11) is 0. The molecule has 0 bridgehead atoms. The predicted molar refractivity (Wildman–Crippen MR) is 75.6 cm³/mol. The van der Waals surface area contributed by atoms with Crippen molar-refractivity contribution in [1.82, 2.24) is 10.2 Å². The van der Waals surface area contributed by atoms with Crippen LogP contribution in [0.1, 0.15) is 19.4 Å². The maximum atomic E-state index is 3.46. The van der Waals surface area contributed by atoms with Crippen LogP contribution < -0.4 is 5.32 Å². The first-order valence-corrected chi connectivity index (χ1v) is 7.43. The molecule has 0 saturated carbocycles. The molecule has 1 aliphatic heterocycles. The van der Waals surface area contributed by atoms with Gasteiger partial charge in [0.2, 0.25) is 0 Å². The van der Waals surface area contributed by atoms with Crippen molar-refractivity contribution in [2.24, 2.45) is 0 Å². The minimum Gasteiger partial charge on any atom is -0.314 e. The van der Waals surface area contributed by atoms with E-state index in [-0.39, 0.29) is 5.54 Å². The van der Waals surface area contributed by atoms with E-state index in [1.807, 2.05) is 0 Å². The molecule has 0 spiro atoms. The van der Waals surface area contributed by atoms with E-state index >= 15 is 0 Å². The summed E-state index contributed by atoms with van der Waals surface area (Å²) < 4.78 is 0. The molecule has 1 aromatic rings. The van der Waals surface area contributed by atoms with Gasteiger partial charge in [0.1, 0.15) is 0 Å². The monoisotopic (exact) mass is 250 g/mol. The Labute approximate surface area is 109 Å². The molecule has 0 amide bonds. The van der Waals surface area contributed by atoms with Crippen LogP contribution in [-0.4, -0.2) is 36.3 Å². The lowest BCUT2D eigenvalue weighted by atomic mass is 9.99. The smallest absolute Gasteiger partial charge is 0.0281 e. The molecule has 1 heterocycles. The summed E-state index contributed by atoms with van der Waals surface area (Å²) in [6.45, 7) is 9.01. The average Bonchev–Trinajstić information content (AvgIpc) is 2.33. The largest absolute Gasteiger partial charge is 0.314 e. The molecule has 1 aliphatic rings. The fourth-order valence-electron chi connectivity index (χ4n) is 2.27. The van der Waals surface area contributed by atoms with Crippen molar-refractivity contribution in [3.63, 3.8) is 0 Å². The molecule has 2 nitrogen and oxygen atoms in total. The minimum absolute atomic E-state index is 0.260. The van der Waals surface area contributed by atoms with Crippen LogP contribution in [0.5, 0.6) is 0 Å². The van der Waals surface area contributed by atoms with Gasteiger partial charge < -0.3 is 5.32 Å². The molecule has 1 N–H and O–H groups in total. The summed E-state index contributed by atoms with van der Waals surface area (Å²) in [5.74, 6) is 0. The van der Waals surface area contributed by atoms with Gasteiger partial charge in [-0.25, -0.2) is 0 Å². The molecule has 1 saturated heterocycles. The highest BCUT2D eigenvalue weighted by molar-refractivity contribution is 7.98. The number of hydrogen-bond acceptors (Lipinski definition) is 3. The Kier molecular flexibility index (Phi) is 4.13. The second-order valence-corrected chi connectivity index (χ2v) is 6.14. The molecular formula is C14H22N2S. The van der Waals surface area contributed by atoms with Gasteiger partial charge in [-0.05, 0) is 37.8 Å². The maximum Gasteiger partial charge on any atom is 0.0281 e. The number of benzene rings is 1. The quantitative estimate of drug-likeness (QED) is 0.830. The Morgan fingerprint density at radius 1 is 1.29 bits per heavy atom. The highest BCUT2D eigenvalue weighted by atomic mass is 32.2. The van der Waals surface area contributed by atoms with Crippen molar-refractivity contribution in [2.45, 2.75) is 30.8 Å². The summed E-state index contributed by atoms with van der Waals surface area (Å²) in [6, 6.07) is 8.94. The van der Waals surface area contributed by atoms with Gasteiger partial charge in [0.25, 0.3) is 0 Å². The van der Waals surface area contributed by atoms with E-state index in [2.05, 4.69) is 54.6 Å². The fourth-order valence-corrected chi connectivity index (χ4v) is 2.68. The van der Waals surface area contributed by atoms with Crippen LogP contribution in [0.25, 0.3) is 0 Å². The van der Waals surface area contributed by atoms with Crippen LogP contribution in [-0.2, 0) is 6.54 Å². The maximum absolute atomic E-state index is 3.46. The third-order valence-electron chi connectivity index (χ3n) is 3.50. The Bertz CT molecular complexity index is 359. The standard InChI is InChI=1S/C14H22N2S/c1-14(2)11-15-8-9-16(14)10-12-4-6-13(17-3)7-5-12/h4-7,15H,8-11H2,1-3H3. The van der Waals surface area contributed by atoms with E-state index in [4.69, 9.17) is 0 Å². The first-order chi connectivity index (χ1) is 8.12. The SMILES string of the molecule is CSc1ccc(CN2CCNCC2(C)C)cc1. The Hall–Kier alpha value is -0.510. The molecule has 17 heavy (non-hydrogen) atoms. The minimum atomic E-state index is 0.260. The van der Waals surface area contributed by atoms with Crippen molar-refractivity contribution in [3.05, 3.63) is 29.8 Å². The number of rotatable bonds is 3. The molecule has 1 aromatic carbocycles. The summed E-state index contributed by atoms with van der Waals surface area (Å²) in [6.07, 6.45) is 2.12. The van der Waals surface area contributed by atoms with Gasteiger partial charge in [-0.15, -0.1) is 11.8 Å². The summed E-state index contributed by atoms with van der Waals surface area (Å²) >= 11 is 1.80. The van der Waals surface area contributed by atoms with Crippen LogP contribution in [0.15, 0.2) is 29.2 Å². The zero-order valence-electron chi connectivity index (χ0n) is 11.0. The number of piperazine rings is 1. The number of nitrogens with zero attached hydrogens (tertiary/aromatic N) is 1. The lowest BCUT2D eigenvalue weighted by Gasteiger charge is -2.42. The van der Waals surface area contributed by atoms with Gasteiger partial charge in [0.05, 0.1) is 0 Å². The average molecular weight is 250 g/mol. The third-order valence-corrected chi connectivity index (χ3v) is 4.25. The third kappa shape index (κ3) is 3.24. The predicted octanol–water partition coefficient (Wildman–Crippen LogP) is 2.59. The first kappa shape index (κ1) is 12.9. The highest BCUT2D eigenvalue weighted by Gasteiger charge is 2.29. The van der Waals surface area contributed by atoms with E-state index < -0.39 is 0 Å². The van der Waals surface area contributed by atoms with E-state index in [0.717, 1.165) is 26.2 Å². The van der Waals surface area contributed by atoms with Crippen LogP contribution in [0.3, 0.4) is 0 Å². The van der Waals surface area contributed by atoms with Crippen molar-refractivity contribution in [2.75, 3.05) is 25.9 Å². The van der Waals surface area contributed by atoms with Gasteiger partial charge in [-0.2, -0.15) is 0 Å². The van der Waals surface area contributed by atoms with Crippen LogP contribution in [0.2, 0.25) is 0 Å². The molecule has 2 rings (SSSR count). The van der Waals surface area contributed by atoms with Crippen LogP contribution in [0.4, 0.5) is 0 Å². The number of nitrogens with one attached hydrogen (secondary N) is 1. The molecule has 1 fully saturated rings. The van der Waals surface area contributed by atoms with E-state index in [1.54, 1.807) is 11.8 Å². The molecule has 0 unspecified atom stereocenters. The number of hydrogen-bond donors (Lipinski definition) is 1.